The molecular weight excluding hydrogens is 695 g/mol. The Balaban J connectivity index is 1.58. The highest BCUT2D eigenvalue weighted by atomic mass is 32.2. The number of unbranched alkanes of at least 4 members (excludes halogenated alkanes) is 1. The summed E-state index contributed by atoms with van der Waals surface area (Å²) in [4.78, 5) is 47.8. The largest absolute Gasteiger partial charge is 0.497 e. The Morgan fingerprint density at radius 3 is 2.41 bits per heavy atom. The summed E-state index contributed by atoms with van der Waals surface area (Å²) in [5, 5.41) is 17.2. The lowest BCUT2D eigenvalue weighted by molar-refractivity contribution is -0.128. The van der Waals surface area contributed by atoms with Crippen LogP contribution < -0.4 is 10.1 Å². The summed E-state index contributed by atoms with van der Waals surface area (Å²) >= 11 is 1.37. The molecule has 3 aromatic rings. The number of aliphatic hydroxyl groups excluding tert-OH is 1. The van der Waals surface area contributed by atoms with E-state index < -0.39 is 46.1 Å². The minimum absolute atomic E-state index is 0.0276. The molecule has 278 valence electrons. The number of ether oxygens (including phenoxy) is 2. The summed E-state index contributed by atoms with van der Waals surface area (Å²) in [7, 11) is -0.989. The van der Waals surface area contributed by atoms with E-state index in [2.05, 4.69) is 10.3 Å². The fourth-order valence-corrected chi connectivity index (χ4v) is 8.28. The number of amides is 4. The lowest BCUT2D eigenvalue weighted by atomic mass is 9.99. The number of carbonyl (C=O) groups excluding carboxylic acids is 3. The molecule has 51 heavy (non-hydrogen) atoms. The van der Waals surface area contributed by atoms with E-state index in [9.17, 15) is 27.9 Å². The van der Waals surface area contributed by atoms with Gasteiger partial charge in [-0.2, -0.15) is 4.31 Å². The molecular formula is C36H49N5O8S2. The molecule has 1 aliphatic heterocycles. The molecule has 0 aliphatic carbocycles. The first-order chi connectivity index (χ1) is 24.4. The quantitative estimate of drug-likeness (QED) is 0.163. The van der Waals surface area contributed by atoms with Crippen molar-refractivity contribution in [3.05, 3.63) is 76.2 Å². The Morgan fingerprint density at radius 1 is 1.08 bits per heavy atom. The van der Waals surface area contributed by atoms with Gasteiger partial charge in [-0.25, -0.2) is 18.2 Å². The molecule has 2 heterocycles. The van der Waals surface area contributed by atoms with Gasteiger partial charge in [0.05, 0.1) is 43.0 Å². The molecule has 0 bridgehead atoms. The summed E-state index contributed by atoms with van der Waals surface area (Å²) in [5.74, 6) is -0.531. The number of imide groups is 1. The van der Waals surface area contributed by atoms with E-state index in [1.807, 2.05) is 51.1 Å². The molecule has 0 saturated carbocycles. The second kappa shape index (κ2) is 18.6. The maximum Gasteiger partial charge on any atom is 0.328 e. The number of hydrogen-bond acceptors (Lipinski definition) is 10. The normalized spacial score (nSPS) is 15.5. The number of aromatic nitrogens is 1. The molecule has 1 saturated heterocycles. The molecule has 1 aliphatic rings. The Hall–Kier alpha value is -3.89. The van der Waals surface area contributed by atoms with Gasteiger partial charge in [0.1, 0.15) is 23.3 Å². The van der Waals surface area contributed by atoms with Gasteiger partial charge in [-0.15, -0.1) is 11.3 Å². The van der Waals surface area contributed by atoms with Crippen molar-refractivity contribution < 1.29 is 37.4 Å². The van der Waals surface area contributed by atoms with Crippen LogP contribution in [0.4, 0.5) is 4.79 Å². The van der Waals surface area contributed by atoms with Gasteiger partial charge < -0.3 is 24.8 Å². The molecule has 3 atom stereocenters. The number of sulfonamides is 1. The number of urea groups is 1. The van der Waals surface area contributed by atoms with E-state index in [-0.39, 0.29) is 43.4 Å². The highest BCUT2D eigenvalue weighted by molar-refractivity contribution is 7.89. The summed E-state index contributed by atoms with van der Waals surface area (Å²) in [6.45, 7) is 5.58. The molecule has 2 aromatic carbocycles. The monoisotopic (exact) mass is 743 g/mol. The van der Waals surface area contributed by atoms with Crippen LogP contribution in [0.15, 0.2) is 64.9 Å². The van der Waals surface area contributed by atoms with E-state index in [4.69, 9.17) is 9.47 Å². The van der Waals surface area contributed by atoms with Crippen molar-refractivity contribution in [3.8, 4) is 5.75 Å². The van der Waals surface area contributed by atoms with Crippen LogP contribution in [0.1, 0.15) is 56.3 Å². The molecule has 13 nitrogen and oxygen atoms in total. The topological polar surface area (TPSA) is 159 Å². The van der Waals surface area contributed by atoms with Crippen molar-refractivity contribution in [2.45, 2.75) is 82.7 Å². The number of rotatable bonds is 20. The highest BCUT2D eigenvalue weighted by Gasteiger charge is 2.43. The molecule has 4 rings (SSSR count). The number of thiazole rings is 1. The molecule has 1 aromatic heterocycles. The third kappa shape index (κ3) is 10.6. The zero-order chi connectivity index (χ0) is 37.1. The molecule has 0 radical (unpaired) electrons. The van der Waals surface area contributed by atoms with Gasteiger partial charge in [-0.05, 0) is 48.6 Å². The smallest absolute Gasteiger partial charge is 0.328 e. The fourth-order valence-electron chi connectivity index (χ4n) is 5.90. The molecule has 15 heteroatoms. The van der Waals surface area contributed by atoms with E-state index in [0.29, 0.717) is 30.9 Å². The first kappa shape index (κ1) is 39.9. The average molecular weight is 744 g/mol. The molecule has 1 fully saturated rings. The minimum atomic E-state index is -4.04. The predicted molar refractivity (Wildman–Crippen MR) is 193 cm³/mol. The zero-order valence-electron chi connectivity index (χ0n) is 29.9. The molecule has 0 unspecified atom stereocenters. The van der Waals surface area contributed by atoms with Gasteiger partial charge in [0.2, 0.25) is 15.9 Å². The Kier molecular flexibility index (Phi) is 14.5. The number of nitrogens with one attached hydrogen (secondary N) is 1. The van der Waals surface area contributed by atoms with E-state index in [1.165, 1.54) is 39.8 Å². The van der Waals surface area contributed by atoms with Gasteiger partial charge >= 0.3 is 6.03 Å². The first-order valence-corrected chi connectivity index (χ1v) is 19.4. The van der Waals surface area contributed by atoms with Gasteiger partial charge in [-0.3, -0.25) is 14.5 Å². The highest BCUT2D eigenvalue weighted by Crippen LogP contribution is 2.24. The number of nitrogens with zero attached hydrogens (tertiary/aromatic N) is 4. The number of hydrogen-bond donors (Lipinski definition) is 2. The van der Waals surface area contributed by atoms with Crippen LogP contribution in [-0.2, 0) is 43.9 Å². The van der Waals surface area contributed by atoms with Crippen LogP contribution in [0, 0.1) is 5.92 Å². The van der Waals surface area contributed by atoms with Crippen molar-refractivity contribution in [2.24, 2.45) is 5.92 Å². The fraction of sp³-hybridized carbons (Fsp3) is 0.500. The lowest BCUT2D eigenvalue weighted by Crippen LogP contribution is -2.56. The number of aliphatic hydroxyl groups is 1. The number of benzene rings is 2. The average Bonchev–Trinajstić information content (AvgIpc) is 3.67. The minimum Gasteiger partial charge on any atom is -0.497 e. The van der Waals surface area contributed by atoms with Crippen molar-refractivity contribution >= 4 is 39.2 Å². The Morgan fingerprint density at radius 2 is 1.78 bits per heavy atom. The lowest BCUT2D eigenvalue weighted by Gasteiger charge is -2.33. The van der Waals surface area contributed by atoms with E-state index in [0.717, 1.165) is 21.9 Å². The SMILES string of the molecule is CCCC[C@@H](C(=O)N[C@@H](Cc1ccccc1)[C@H](O)CN(CC(C)C)S(=O)(=O)c1ccc(OC)cc1)N1CC(=O)N(Cc2csc(COC)n2)C1=O. The summed E-state index contributed by atoms with van der Waals surface area (Å²) in [6.07, 6.45) is 0.513. The zero-order valence-corrected chi connectivity index (χ0v) is 31.5. The molecule has 2 N–H and O–H groups in total. The van der Waals surface area contributed by atoms with Crippen molar-refractivity contribution in [2.75, 3.05) is 33.9 Å². The Labute approximate surface area is 304 Å². The van der Waals surface area contributed by atoms with Crippen LogP contribution >= 0.6 is 11.3 Å². The van der Waals surface area contributed by atoms with Crippen LogP contribution in [-0.4, -0.2) is 103 Å². The van der Waals surface area contributed by atoms with Gasteiger partial charge in [0.15, 0.2) is 0 Å². The summed E-state index contributed by atoms with van der Waals surface area (Å²) in [6, 6.07) is 12.8. The van der Waals surface area contributed by atoms with Crippen LogP contribution in [0.25, 0.3) is 0 Å². The van der Waals surface area contributed by atoms with Crippen LogP contribution in [0.5, 0.6) is 5.75 Å². The molecule has 0 spiro atoms. The summed E-state index contributed by atoms with van der Waals surface area (Å²) in [5.41, 5.74) is 1.36. The van der Waals surface area contributed by atoms with Crippen LogP contribution in [0.2, 0.25) is 0 Å². The molecule has 4 amide bonds. The van der Waals surface area contributed by atoms with Gasteiger partial charge in [-0.1, -0.05) is 63.9 Å². The second-order valence-electron chi connectivity index (χ2n) is 13.0. The summed E-state index contributed by atoms with van der Waals surface area (Å²) < 4.78 is 39.3. The van der Waals surface area contributed by atoms with Crippen molar-refractivity contribution in [3.63, 3.8) is 0 Å². The van der Waals surface area contributed by atoms with E-state index >= 15 is 0 Å². The van der Waals surface area contributed by atoms with Gasteiger partial charge in [0.25, 0.3) is 5.91 Å². The first-order valence-electron chi connectivity index (χ1n) is 17.1. The predicted octanol–water partition coefficient (Wildman–Crippen LogP) is 4.06. The number of carbonyl (C=O) groups is 3. The van der Waals surface area contributed by atoms with E-state index in [1.54, 1.807) is 24.6 Å². The van der Waals surface area contributed by atoms with Crippen LogP contribution in [0.3, 0.4) is 0 Å². The van der Waals surface area contributed by atoms with Crippen molar-refractivity contribution in [1.82, 2.24) is 24.4 Å². The van der Waals surface area contributed by atoms with Gasteiger partial charge in [0, 0.05) is 25.6 Å². The van der Waals surface area contributed by atoms with Crippen molar-refractivity contribution in [1.29, 1.82) is 0 Å². The third-order valence-electron chi connectivity index (χ3n) is 8.53. The third-order valence-corrected chi connectivity index (χ3v) is 11.2. The standard InChI is InChI=1S/C36H49N5O8S2/c1-6-7-13-31(40-22-34(43)41(36(40)45)20-27-24-50-33(37-27)23-48-4)35(44)38-30(18-26-11-9-8-10-12-26)32(42)21-39(19-25(2)3)51(46,47)29-16-14-28(49-5)15-17-29/h8-12,14-17,24-25,30-32,42H,6-7,13,18-23H2,1-5H3,(H,38,44)/t30-,31-,32+/m0/s1. The second-order valence-corrected chi connectivity index (χ2v) is 15.9. The Bertz CT molecular complexity index is 1700. The maximum atomic E-state index is 14.2. The number of methoxy groups -OCH3 is 2. The maximum absolute atomic E-state index is 14.2.